The van der Waals surface area contributed by atoms with Gasteiger partial charge >= 0.3 is 0 Å². The van der Waals surface area contributed by atoms with E-state index in [1.165, 1.54) is 44.1 Å². The van der Waals surface area contributed by atoms with Crippen LogP contribution in [-0.2, 0) is 16.1 Å². The largest absolute Gasteiger partial charge is 0.456 e. The normalized spacial score (nSPS) is 13.5. The first-order valence-electron chi connectivity index (χ1n) is 12.3. The molecule has 1 unspecified atom stereocenters. The van der Waals surface area contributed by atoms with Crippen molar-refractivity contribution in [3.63, 3.8) is 0 Å². The first kappa shape index (κ1) is 26.5. The molecule has 2 aromatic rings. The zero-order chi connectivity index (χ0) is 23.6. The average molecular weight is 458 g/mol. The Morgan fingerprint density at radius 1 is 1.00 bits per heavy atom. The molecule has 0 aliphatic heterocycles. The summed E-state index contributed by atoms with van der Waals surface area (Å²) in [5.74, 6) is 6.51. The minimum absolute atomic E-state index is 0.333. The Hall–Kier alpha value is -1.78. The van der Waals surface area contributed by atoms with Crippen LogP contribution >= 0.6 is 0 Å². The third kappa shape index (κ3) is 7.67. The van der Waals surface area contributed by atoms with E-state index in [1.807, 2.05) is 43.3 Å². The molecule has 1 N–H and O–H groups in total. The highest BCUT2D eigenvalue weighted by Crippen LogP contribution is 2.38. The fourth-order valence-electron chi connectivity index (χ4n) is 4.09. The second kappa shape index (κ2) is 13.1. The number of hydrogen-bond donors (Lipinski definition) is 1. The van der Waals surface area contributed by atoms with E-state index in [4.69, 9.17) is 4.74 Å². The summed E-state index contributed by atoms with van der Waals surface area (Å²) in [5.41, 5.74) is 2.34. The summed E-state index contributed by atoms with van der Waals surface area (Å²) in [6.07, 6.45) is 8.27. The van der Waals surface area contributed by atoms with Gasteiger partial charge in [0.1, 0.15) is 11.5 Å². The van der Waals surface area contributed by atoms with Gasteiger partial charge in [0.15, 0.2) is 0 Å². The van der Waals surface area contributed by atoms with Gasteiger partial charge in [-0.25, -0.2) is 8.93 Å². The van der Waals surface area contributed by atoms with Crippen LogP contribution in [0.1, 0.15) is 90.2 Å². The van der Waals surface area contributed by atoms with E-state index < -0.39 is 9.71 Å². The van der Waals surface area contributed by atoms with E-state index in [0.29, 0.717) is 23.3 Å². The third-order valence-corrected chi connectivity index (χ3v) is 7.73. The quantitative estimate of drug-likeness (QED) is 0.295. The Kier molecular flexibility index (Phi) is 10.8. The Labute approximate surface area is 197 Å². The third-order valence-electron chi connectivity index (χ3n) is 5.96. The van der Waals surface area contributed by atoms with Crippen molar-refractivity contribution in [2.45, 2.75) is 90.4 Å². The Morgan fingerprint density at radius 3 is 2.16 bits per heavy atom. The van der Waals surface area contributed by atoms with Crippen molar-refractivity contribution in [3.05, 3.63) is 53.6 Å². The molecular formula is C28H43NO2S. The minimum Gasteiger partial charge on any atom is -0.456 e. The van der Waals surface area contributed by atoms with Crippen molar-refractivity contribution in [2.24, 2.45) is 5.92 Å². The zero-order valence-corrected chi connectivity index (χ0v) is 21.6. The van der Waals surface area contributed by atoms with Gasteiger partial charge in [-0.15, -0.1) is 0 Å². The molecule has 178 valence electrons. The summed E-state index contributed by atoms with van der Waals surface area (Å²) in [7, 11) is -2.68. The van der Waals surface area contributed by atoms with E-state index in [2.05, 4.69) is 44.4 Å². The molecule has 0 radical (unpaired) electrons. The standard InChI is InChI=1S/C28H43NO2S/c1-7-10-15-23(16-11-8-2)19-25-20-24(22(4)5)21-27(32(6,30)29-9-3)28(25)31-26-17-13-12-14-18-26/h12-14,17-18,20-23H,6-11,15-16,19H2,1-5H3,(H,29,30). The van der Waals surface area contributed by atoms with Gasteiger partial charge in [-0.2, -0.15) is 0 Å². The lowest BCUT2D eigenvalue weighted by Gasteiger charge is -2.24. The molecule has 0 fully saturated rings. The van der Waals surface area contributed by atoms with Crippen LogP contribution in [0.4, 0.5) is 0 Å². The summed E-state index contributed by atoms with van der Waals surface area (Å²) in [6, 6.07) is 14.1. The first-order chi connectivity index (χ1) is 15.3. The van der Waals surface area contributed by atoms with E-state index in [-0.39, 0.29) is 0 Å². The highest BCUT2D eigenvalue weighted by molar-refractivity contribution is 7.98. The van der Waals surface area contributed by atoms with Gasteiger partial charge in [0, 0.05) is 6.54 Å². The van der Waals surface area contributed by atoms with Crippen molar-refractivity contribution < 1.29 is 8.95 Å². The molecule has 0 aliphatic rings. The van der Waals surface area contributed by atoms with Gasteiger partial charge in [-0.3, -0.25) is 0 Å². The molecule has 0 bridgehead atoms. The second-order valence-electron chi connectivity index (χ2n) is 9.10. The lowest BCUT2D eigenvalue weighted by Crippen LogP contribution is -2.24. The van der Waals surface area contributed by atoms with E-state index in [9.17, 15) is 4.21 Å². The smallest absolute Gasteiger partial charge is 0.147 e. The van der Waals surface area contributed by atoms with Crippen molar-refractivity contribution in [1.29, 1.82) is 0 Å². The lowest BCUT2D eigenvalue weighted by atomic mass is 9.88. The van der Waals surface area contributed by atoms with Crippen LogP contribution in [0.2, 0.25) is 0 Å². The van der Waals surface area contributed by atoms with Crippen molar-refractivity contribution in [1.82, 2.24) is 4.72 Å². The van der Waals surface area contributed by atoms with Crippen LogP contribution in [-0.4, -0.2) is 16.6 Å². The molecule has 32 heavy (non-hydrogen) atoms. The van der Waals surface area contributed by atoms with Crippen LogP contribution in [0.15, 0.2) is 47.4 Å². The Balaban J connectivity index is 2.62. The van der Waals surface area contributed by atoms with Gasteiger partial charge in [0.05, 0.1) is 14.6 Å². The second-order valence-corrected chi connectivity index (χ2v) is 11.2. The van der Waals surface area contributed by atoms with Crippen molar-refractivity contribution in [2.75, 3.05) is 6.54 Å². The number of rotatable bonds is 14. The number of unbranched alkanes of at least 4 members (excludes halogenated alkanes) is 2. The topological polar surface area (TPSA) is 38.3 Å². The highest BCUT2D eigenvalue weighted by atomic mass is 32.2. The van der Waals surface area contributed by atoms with E-state index in [1.54, 1.807) is 0 Å². The number of ether oxygens (including phenoxy) is 1. The van der Waals surface area contributed by atoms with Crippen molar-refractivity contribution in [3.8, 4) is 11.5 Å². The van der Waals surface area contributed by atoms with E-state index >= 15 is 0 Å². The summed E-state index contributed by atoms with van der Waals surface area (Å²) < 4.78 is 23.2. The molecule has 1 atom stereocenters. The number of hydrogen-bond acceptors (Lipinski definition) is 2. The van der Waals surface area contributed by atoms with Gasteiger partial charge in [0.25, 0.3) is 0 Å². The maximum Gasteiger partial charge on any atom is 0.147 e. The number of nitrogens with one attached hydrogen (secondary N) is 1. The highest BCUT2D eigenvalue weighted by Gasteiger charge is 2.23. The van der Waals surface area contributed by atoms with Gasteiger partial charge < -0.3 is 4.74 Å². The molecule has 0 aliphatic carbocycles. The molecule has 4 heteroatoms. The number of benzene rings is 2. The van der Waals surface area contributed by atoms with Crippen LogP contribution in [0.25, 0.3) is 0 Å². The molecule has 0 heterocycles. The molecule has 0 aromatic heterocycles. The summed E-state index contributed by atoms with van der Waals surface area (Å²) in [6.45, 7) is 11.4. The van der Waals surface area contributed by atoms with Gasteiger partial charge in [-0.1, -0.05) is 97.4 Å². The fraction of sp³-hybridized carbons (Fsp3) is 0.536. The molecule has 0 spiro atoms. The number of para-hydroxylation sites is 1. The van der Waals surface area contributed by atoms with E-state index in [0.717, 1.165) is 23.5 Å². The Morgan fingerprint density at radius 2 is 1.62 bits per heavy atom. The summed E-state index contributed by atoms with van der Waals surface area (Å²) in [4.78, 5) is 0.689. The van der Waals surface area contributed by atoms with Gasteiger partial charge in [0.2, 0.25) is 0 Å². The predicted molar refractivity (Wildman–Crippen MR) is 140 cm³/mol. The van der Waals surface area contributed by atoms with Crippen LogP contribution < -0.4 is 9.46 Å². The molecule has 0 saturated carbocycles. The fourth-order valence-corrected chi connectivity index (χ4v) is 5.51. The average Bonchev–Trinajstić information content (AvgIpc) is 2.76. The van der Waals surface area contributed by atoms with Crippen LogP contribution in [0.5, 0.6) is 11.5 Å². The van der Waals surface area contributed by atoms with Crippen molar-refractivity contribution >= 4 is 15.6 Å². The molecule has 2 aromatic carbocycles. The monoisotopic (exact) mass is 457 g/mol. The Bertz CT molecular complexity index is 912. The lowest BCUT2D eigenvalue weighted by molar-refractivity contribution is 0.403. The van der Waals surface area contributed by atoms with Gasteiger partial charge in [-0.05, 0) is 53.5 Å². The molecule has 2 rings (SSSR count). The maximum atomic E-state index is 13.7. The first-order valence-corrected chi connectivity index (χ1v) is 14.1. The van der Waals surface area contributed by atoms with Crippen LogP contribution in [0, 0.1) is 5.92 Å². The zero-order valence-electron chi connectivity index (χ0n) is 20.8. The molecule has 0 saturated heterocycles. The SMILES string of the molecule is C=S(=O)(NCC)c1cc(C(C)C)cc(CC(CCCC)CCCC)c1Oc1ccccc1. The maximum absolute atomic E-state index is 13.7. The molecule has 0 amide bonds. The summed E-state index contributed by atoms with van der Waals surface area (Å²) >= 11 is 0. The summed E-state index contributed by atoms with van der Waals surface area (Å²) in [5, 5.41) is 0. The molecule has 3 nitrogen and oxygen atoms in total. The van der Waals surface area contributed by atoms with Crippen LogP contribution in [0.3, 0.4) is 0 Å². The predicted octanol–water partition coefficient (Wildman–Crippen LogP) is 7.74. The minimum atomic E-state index is -2.68. The molecular weight excluding hydrogens is 414 g/mol.